The summed E-state index contributed by atoms with van der Waals surface area (Å²) >= 11 is 5.84. The van der Waals surface area contributed by atoms with Gasteiger partial charge in [-0.3, -0.25) is 0 Å². The lowest BCUT2D eigenvalue weighted by molar-refractivity contribution is 0.172. The maximum atomic E-state index is 5.90. The number of nitrogens with two attached hydrogens (primary N) is 1. The Kier molecular flexibility index (Phi) is 3.97. The van der Waals surface area contributed by atoms with Crippen LogP contribution in [0.4, 0.5) is 11.5 Å². The molecule has 5 heteroatoms. The van der Waals surface area contributed by atoms with Gasteiger partial charge in [-0.1, -0.05) is 24.4 Å². The summed E-state index contributed by atoms with van der Waals surface area (Å²) in [6, 6.07) is 1.73. The van der Waals surface area contributed by atoms with Crippen LogP contribution in [0.15, 0.2) is 12.3 Å². The quantitative estimate of drug-likeness (QED) is 0.881. The third kappa shape index (κ3) is 2.70. The fraction of sp³-hybridized carbons (Fsp3) is 0.615. The predicted octanol–water partition coefficient (Wildman–Crippen LogP) is 2.60. The van der Waals surface area contributed by atoms with Gasteiger partial charge in [0.05, 0.1) is 10.7 Å². The molecule has 0 aliphatic heterocycles. The van der Waals surface area contributed by atoms with Gasteiger partial charge < -0.3 is 16.0 Å². The van der Waals surface area contributed by atoms with Crippen LogP contribution in [0.3, 0.4) is 0 Å². The molecule has 1 fully saturated rings. The zero-order valence-corrected chi connectivity index (χ0v) is 11.8. The topological polar surface area (TPSA) is 54.2 Å². The van der Waals surface area contributed by atoms with E-state index in [2.05, 4.69) is 29.3 Å². The van der Waals surface area contributed by atoms with Crippen molar-refractivity contribution in [2.24, 2.45) is 0 Å². The number of halogens is 1. The molecule has 2 rings (SSSR count). The molecule has 18 heavy (non-hydrogen) atoms. The Labute approximate surface area is 114 Å². The fourth-order valence-electron chi connectivity index (χ4n) is 2.67. The lowest BCUT2D eigenvalue weighted by Crippen LogP contribution is -2.47. The molecule has 0 spiro atoms. The van der Waals surface area contributed by atoms with Crippen LogP contribution in [-0.2, 0) is 0 Å². The third-order valence-electron chi connectivity index (χ3n) is 3.95. The van der Waals surface area contributed by atoms with Crippen LogP contribution >= 0.6 is 11.6 Å². The van der Waals surface area contributed by atoms with Gasteiger partial charge in [-0.2, -0.15) is 0 Å². The summed E-state index contributed by atoms with van der Waals surface area (Å²) in [5.41, 5.74) is 6.74. The van der Waals surface area contributed by atoms with E-state index in [4.69, 9.17) is 17.3 Å². The highest BCUT2D eigenvalue weighted by Gasteiger charge is 2.35. The maximum absolute atomic E-state index is 5.90. The van der Waals surface area contributed by atoms with Crippen molar-refractivity contribution in [2.45, 2.75) is 31.2 Å². The van der Waals surface area contributed by atoms with E-state index in [-0.39, 0.29) is 5.54 Å². The number of aromatic nitrogens is 1. The van der Waals surface area contributed by atoms with E-state index < -0.39 is 0 Å². The van der Waals surface area contributed by atoms with Crippen LogP contribution in [0.25, 0.3) is 0 Å². The molecule has 100 valence electrons. The summed E-state index contributed by atoms with van der Waals surface area (Å²) in [7, 11) is 4.29. The SMILES string of the molecule is CN(C)C1(CNc2ncc(Cl)cc2N)CCCC1. The molecule has 0 aromatic carbocycles. The molecule has 0 atom stereocenters. The summed E-state index contributed by atoms with van der Waals surface area (Å²) in [4.78, 5) is 6.56. The van der Waals surface area contributed by atoms with E-state index in [1.54, 1.807) is 12.3 Å². The van der Waals surface area contributed by atoms with Crippen molar-refractivity contribution in [1.29, 1.82) is 0 Å². The van der Waals surface area contributed by atoms with Gasteiger partial charge in [-0.05, 0) is 33.0 Å². The van der Waals surface area contributed by atoms with Crippen LogP contribution in [0.1, 0.15) is 25.7 Å². The molecular weight excluding hydrogens is 248 g/mol. The number of pyridine rings is 1. The van der Waals surface area contributed by atoms with E-state index in [9.17, 15) is 0 Å². The van der Waals surface area contributed by atoms with E-state index in [0.717, 1.165) is 12.4 Å². The van der Waals surface area contributed by atoms with Gasteiger partial charge >= 0.3 is 0 Å². The second-order valence-corrected chi connectivity index (χ2v) is 5.71. The highest BCUT2D eigenvalue weighted by Crippen LogP contribution is 2.34. The molecule has 0 saturated heterocycles. The smallest absolute Gasteiger partial charge is 0.149 e. The Morgan fingerprint density at radius 2 is 2.11 bits per heavy atom. The number of anilines is 2. The van der Waals surface area contributed by atoms with Crippen molar-refractivity contribution >= 4 is 23.1 Å². The fourth-order valence-corrected chi connectivity index (χ4v) is 2.83. The molecule has 0 unspecified atom stereocenters. The van der Waals surface area contributed by atoms with Crippen molar-refractivity contribution < 1.29 is 0 Å². The van der Waals surface area contributed by atoms with Crippen LogP contribution in [0.2, 0.25) is 5.02 Å². The van der Waals surface area contributed by atoms with Gasteiger partial charge in [-0.15, -0.1) is 0 Å². The van der Waals surface area contributed by atoms with Gasteiger partial charge in [0.25, 0.3) is 0 Å². The first-order valence-electron chi connectivity index (χ1n) is 6.36. The minimum Gasteiger partial charge on any atom is -0.396 e. The van der Waals surface area contributed by atoms with Crippen LogP contribution in [0, 0.1) is 0 Å². The standard InChI is InChI=1S/C13H21ClN4/c1-18(2)13(5-3-4-6-13)9-17-12-11(15)7-10(14)8-16-12/h7-8H,3-6,9,15H2,1-2H3,(H,16,17). The maximum Gasteiger partial charge on any atom is 0.149 e. The molecule has 0 amide bonds. The van der Waals surface area contributed by atoms with Gasteiger partial charge in [0.15, 0.2) is 0 Å². The predicted molar refractivity (Wildman–Crippen MR) is 77.0 cm³/mol. The number of rotatable bonds is 4. The van der Waals surface area contributed by atoms with E-state index in [1.807, 2.05) is 0 Å². The molecule has 1 aliphatic carbocycles. The van der Waals surface area contributed by atoms with E-state index in [1.165, 1.54) is 25.7 Å². The Hall–Kier alpha value is -1.00. The molecule has 1 aliphatic rings. The molecule has 1 heterocycles. The monoisotopic (exact) mass is 268 g/mol. The molecule has 4 nitrogen and oxygen atoms in total. The van der Waals surface area contributed by atoms with Gasteiger partial charge in [0.2, 0.25) is 0 Å². The molecule has 0 bridgehead atoms. The normalized spacial score (nSPS) is 18.2. The van der Waals surface area contributed by atoms with Crippen molar-refractivity contribution in [1.82, 2.24) is 9.88 Å². The lowest BCUT2D eigenvalue weighted by atomic mass is 9.96. The lowest BCUT2D eigenvalue weighted by Gasteiger charge is -2.36. The van der Waals surface area contributed by atoms with Crippen molar-refractivity contribution in [3.05, 3.63) is 17.3 Å². The van der Waals surface area contributed by atoms with Crippen LogP contribution < -0.4 is 11.1 Å². The summed E-state index contributed by atoms with van der Waals surface area (Å²) in [6.07, 6.45) is 6.66. The molecular formula is C13H21ClN4. The van der Waals surface area contributed by atoms with Gasteiger partial charge in [-0.25, -0.2) is 4.98 Å². The Morgan fingerprint density at radius 1 is 1.44 bits per heavy atom. The first kappa shape index (κ1) is 13.4. The highest BCUT2D eigenvalue weighted by atomic mass is 35.5. The Balaban J connectivity index is 2.06. The Bertz CT molecular complexity index is 413. The average Bonchev–Trinajstić information content (AvgIpc) is 2.78. The van der Waals surface area contributed by atoms with Crippen LogP contribution in [0.5, 0.6) is 0 Å². The number of likely N-dealkylation sites (N-methyl/N-ethyl adjacent to an activating group) is 1. The molecule has 1 aromatic rings. The number of hydrogen-bond acceptors (Lipinski definition) is 4. The average molecular weight is 269 g/mol. The van der Waals surface area contributed by atoms with E-state index >= 15 is 0 Å². The minimum atomic E-state index is 0.230. The second kappa shape index (κ2) is 5.33. The summed E-state index contributed by atoms with van der Waals surface area (Å²) in [5, 5.41) is 3.94. The molecule has 1 aromatic heterocycles. The molecule has 0 radical (unpaired) electrons. The van der Waals surface area contributed by atoms with Crippen molar-refractivity contribution in [2.75, 3.05) is 31.7 Å². The summed E-state index contributed by atoms with van der Waals surface area (Å²) in [5.74, 6) is 0.729. The van der Waals surface area contributed by atoms with Gasteiger partial charge in [0.1, 0.15) is 5.82 Å². The summed E-state index contributed by atoms with van der Waals surface area (Å²) < 4.78 is 0. The third-order valence-corrected chi connectivity index (χ3v) is 4.16. The largest absolute Gasteiger partial charge is 0.396 e. The number of nitrogens with one attached hydrogen (secondary N) is 1. The molecule has 1 saturated carbocycles. The first-order chi connectivity index (χ1) is 8.53. The van der Waals surface area contributed by atoms with Gasteiger partial charge in [0, 0.05) is 18.3 Å². The number of nitrogen functional groups attached to an aromatic ring is 1. The minimum absolute atomic E-state index is 0.230. The highest BCUT2D eigenvalue weighted by molar-refractivity contribution is 6.30. The second-order valence-electron chi connectivity index (χ2n) is 5.27. The Morgan fingerprint density at radius 3 is 2.67 bits per heavy atom. The number of nitrogens with zero attached hydrogens (tertiary/aromatic N) is 2. The van der Waals surface area contributed by atoms with Crippen molar-refractivity contribution in [3.8, 4) is 0 Å². The zero-order chi connectivity index (χ0) is 13.2. The first-order valence-corrected chi connectivity index (χ1v) is 6.74. The van der Waals surface area contributed by atoms with Crippen molar-refractivity contribution in [3.63, 3.8) is 0 Å². The van der Waals surface area contributed by atoms with Crippen LogP contribution in [-0.4, -0.2) is 36.1 Å². The summed E-state index contributed by atoms with van der Waals surface area (Å²) in [6.45, 7) is 0.874. The van der Waals surface area contributed by atoms with E-state index in [0.29, 0.717) is 10.7 Å². The number of hydrogen-bond donors (Lipinski definition) is 2. The zero-order valence-electron chi connectivity index (χ0n) is 11.0. The molecule has 3 N–H and O–H groups in total.